The van der Waals surface area contributed by atoms with Gasteiger partial charge >= 0.3 is 5.97 Å². The van der Waals surface area contributed by atoms with Gasteiger partial charge in [-0.2, -0.15) is 0 Å². The summed E-state index contributed by atoms with van der Waals surface area (Å²) in [5, 5.41) is 5.55. The molecule has 0 aliphatic heterocycles. The molecular weight excluding hydrogens is 436 g/mol. The molecule has 0 bridgehead atoms. The maximum Gasteiger partial charge on any atom is 0.346 e. The van der Waals surface area contributed by atoms with Crippen LogP contribution < -0.4 is 20.1 Å². The van der Waals surface area contributed by atoms with Crippen molar-refractivity contribution in [2.24, 2.45) is 0 Å². The first-order valence-electron chi connectivity index (χ1n) is 10.6. The fourth-order valence-electron chi connectivity index (χ4n) is 3.33. The summed E-state index contributed by atoms with van der Waals surface area (Å²) in [6.07, 6.45) is 0. The molecule has 0 radical (unpaired) electrons. The van der Waals surface area contributed by atoms with Gasteiger partial charge in [0.1, 0.15) is 17.1 Å². The SMILES string of the molecule is COc1cccc(OC)c1C(=O)OCC(=O)Nc1ccccc1C(=O)NC(C)c1ccccc1. The molecule has 0 fully saturated rings. The van der Waals surface area contributed by atoms with Crippen LogP contribution in [0.25, 0.3) is 0 Å². The second-order valence-electron chi connectivity index (χ2n) is 7.31. The van der Waals surface area contributed by atoms with Crippen LogP contribution in [0, 0.1) is 0 Å². The number of carbonyl (C=O) groups excluding carboxylic acids is 3. The molecule has 0 saturated carbocycles. The topological polar surface area (TPSA) is 103 Å². The predicted octanol–water partition coefficient (Wildman–Crippen LogP) is 3.99. The Morgan fingerprint density at radius 2 is 1.44 bits per heavy atom. The molecule has 176 valence electrons. The Balaban J connectivity index is 1.65. The molecule has 0 spiro atoms. The highest BCUT2D eigenvalue weighted by Crippen LogP contribution is 2.29. The monoisotopic (exact) mass is 462 g/mol. The fraction of sp³-hybridized carbons (Fsp3) is 0.192. The molecule has 3 aromatic carbocycles. The third kappa shape index (κ3) is 5.92. The first-order valence-corrected chi connectivity index (χ1v) is 10.6. The van der Waals surface area contributed by atoms with Crippen molar-refractivity contribution in [2.75, 3.05) is 26.1 Å². The molecular formula is C26H26N2O6. The van der Waals surface area contributed by atoms with Gasteiger partial charge in [-0.25, -0.2) is 4.79 Å². The number of esters is 1. The Bertz CT molecular complexity index is 1140. The quantitative estimate of drug-likeness (QED) is 0.466. The zero-order valence-electron chi connectivity index (χ0n) is 19.2. The lowest BCUT2D eigenvalue weighted by Gasteiger charge is -2.16. The van der Waals surface area contributed by atoms with Crippen LogP contribution in [0.1, 0.15) is 39.2 Å². The first kappa shape index (κ1) is 24.3. The molecule has 3 aromatic rings. The number of benzene rings is 3. The Hall–Kier alpha value is -4.33. The fourth-order valence-corrected chi connectivity index (χ4v) is 3.33. The molecule has 0 aromatic heterocycles. The number of rotatable bonds is 9. The van der Waals surface area contributed by atoms with Crippen molar-refractivity contribution in [1.82, 2.24) is 5.32 Å². The lowest BCUT2D eigenvalue weighted by molar-refractivity contribution is -0.119. The van der Waals surface area contributed by atoms with Gasteiger partial charge in [0.2, 0.25) is 0 Å². The molecule has 2 amide bonds. The predicted molar refractivity (Wildman–Crippen MR) is 127 cm³/mol. The second-order valence-corrected chi connectivity index (χ2v) is 7.31. The average Bonchev–Trinajstić information content (AvgIpc) is 2.87. The standard InChI is InChI=1S/C26H26N2O6/c1-17(18-10-5-4-6-11-18)27-25(30)19-12-7-8-13-20(19)28-23(29)16-34-26(31)24-21(32-2)14-9-15-22(24)33-3/h4-15,17H,16H2,1-3H3,(H,27,30)(H,28,29). The number of amides is 2. The van der Waals surface area contributed by atoms with Crippen molar-refractivity contribution in [3.05, 3.63) is 89.5 Å². The van der Waals surface area contributed by atoms with E-state index in [-0.39, 0.29) is 34.6 Å². The lowest BCUT2D eigenvalue weighted by Crippen LogP contribution is -2.28. The minimum atomic E-state index is -0.771. The van der Waals surface area contributed by atoms with Gasteiger partial charge in [-0.3, -0.25) is 9.59 Å². The highest BCUT2D eigenvalue weighted by Gasteiger charge is 2.21. The van der Waals surface area contributed by atoms with Crippen LogP contribution in [0.2, 0.25) is 0 Å². The van der Waals surface area contributed by atoms with Crippen molar-refractivity contribution in [1.29, 1.82) is 0 Å². The minimum absolute atomic E-state index is 0.0787. The summed E-state index contributed by atoms with van der Waals surface area (Å²) in [5.74, 6) is -1.19. The van der Waals surface area contributed by atoms with Gasteiger partial charge in [-0.05, 0) is 36.8 Å². The van der Waals surface area contributed by atoms with E-state index >= 15 is 0 Å². The van der Waals surface area contributed by atoms with Gasteiger partial charge in [0.15, 0.2) is 6.61 Å². The highest BCUT2D eigenvalue weighted by atomic mass is 16.5. The summed E-state index contributed by atoms with van der Waals surface area (Å²) in [6.45, 7) is 1.32. The second kappa shape index (κ2) is 11.5. The minimum Gasteiger partial charge on any atom is -0.496 e. The number of ether oxygens (including phenoxy) is 3. The van der Waals surface area contributed by atoms with Crippen LogP contribution >= 0.6 is 0 Å². The zero-order valence-corrected chi connectivity index (χ0v) is 19.2. The van der Waals surface area contributed by atoms with E-state index in [0.29, 0.717) is 5.69 Å². The molecule has 8 nitrogen and oxygen atoms in total. The van der Waals surface area contributed by atoms with E-state index in [1.54, 1.807) is 42.5 Å². The maximum absolute atomic E-state index is 12.8. The van der Waals surface area contributed by atoms with E-state index in [9.17, 15) is 14.4 Å². The number of methoxy groups -OCH3 is 2. The van der Waals surface area contributed by atoms with Crippen LogP contribution in [-0.4, -0.2) is 38.6 Å². The zero-order chi connectivity index (χ0) is 24.5. The number of para-hydroxylation sites is 1. The van der Waals surface area contributed by atoms with E-state index in [0.717, 1.165) is 5.56 Å². The van der Waals surface area contributed by atoms with Crippen LogP contribution in [-0.2, 0) is 9.53 Å². The first-order chi connectivity index (χ1) is 16.4. The van der Waals surface area contributed by atoms with Crippen molar-refractivity contribution >= 4 is 23.5 Å². The number of hydrogen-bond acceptors (Lipinski definition) is 6. The smallest absolute Gasteiger partial charge is 0.346 e. The normalized spacial score (nSPS) is 11.1. The van der Waals surface area contributed by atoms with Crippen molar-refractivity contribution in [3.63, 3.8) is 0 Å². The van der Waals surface area contributed by atoms with Crippen LogP contribution in [0.3, 0.4) is 0 Å². The third-order valence-corrected chi connectivity index (χ3v) is 5.06. The van der Waals surface area contributed by atoms with Gasteiger partial charge in [0.25, 0.3) is 11.8 Å². The molecule has 0 heterocycles. The van der Waals surface area contributed by atoms with Crippen molar-refractivity contribution in [2.45, 2.75) is 13.0 Å². The van der Waals surface area contributed by atoms with Crippen LogP contribution in [0.4, 0.5) is 5.69 Å². The van der Waals surface area contributed by atoms with Gasteiger partial charge in [-0.1, -0.05) is 48.5 Å². The summed E-state index contributed by atoms with van der Waals surface area (Å²) >= 11 is 0. The number of carbonyl (C=O) groups is 3. The van der Waals surface area contributed by atoms with Crippen molar-refractivity contribution in [3.8, 4) is 11.5 Å². The molecule has 0 aliphatic carbocycles. The van der Waals surface area contributed by atoms with Gasteiger partial charge in [0.05, 0.1) is 31.5 Å². The highest BCUT2D eigenvalue weighted by molar-refractivity contribution is 6.04. The number of nitrogens with one attached hydrogen (secondary N) is 2. The average molecular weight is 463 g/mol. The Morgan fingerprint density at radius 1 is 0.824 bits per heavy atom. The van der Waals surface area contributed by atoms with E-state index in [2.05, 4.69) is 10.6 Å². The molecule has 34 heavy (non-hydrogen) atoms. The van der Waals surface area contributed by atoms with Gasteiger partial charge < -0.3 is 24.8 Å². The Kier molecular flexibility index (Phi) is 8.23. The number of hydrogen-bond donors (Lipinski definition) is 2. The maximum atomic E-state index is 12.8. The van der Waals surface area contributed by atoms with Crippen molar-refractivity contribution < 1.29 is 28.6 Å². The molecule has 3 rings (SSSR count). The molecule has 0 aliphatic rings. The molecule has 2 N–H and O–H groups in total. The molecule has 1 unspecified atom stereocenters. The van der Waals surface area contributed by atoms with E-state index < -0.39 is 18.5 Å². The third-order valence-electron chi connectivity index (χ3n) is 5.06. The Morgan fingerprint density at radius 3 is 2.09 bits per heavy atom. The van der Waals surface area contributed by atoms with Crippen LogP contribution in [0.5, 0.6) is 11.5 Å². The van der Waals surface area contributed by atoms with E-state index in [4.69, 9.17) is 14.2 Å². The summed E-state index contributed by atoms with van der Waals surface area (Å²) in [4.78, 5) is 37.9. The number of anilines is 1. The van der Waals surface area contributed by atoms with Gasteiger partial charge in [-0.15, -0.1) is 0 Å². The van der Waals surface area contributed by atoms with E-state index in [1.807, 2.05) is 37.3 Å². The molecule has 8 heteroatoms. The summed E-state index contributed by atoms with van der Waals surface area (Å²) in [5.41, 5.74) is 1.62. The molecule has 0 saturated heterocycles. The summed E-state index contributed by atoms with van der Waals surface area (Å²) in [7, 11) is 2.83. The lowest BCUT2D eigenvalue weighted by atomic mass is 10.1. The largest absolute Gasteiger partial charge is 0.496 e. The summed E-state index contributed by atoms with van der Waals surface area (Å²) < 4.78 is 15.5. The Labute approximate surface area is 197 Å². The molecule has 1 atom stereocenters. The van der Waals surface area contributed by atoms with E-state index in [1.165, 1.54) is 14.2 Å². The van der Waals surface area contributed by atoms with Crippen LogP contribution in [0.15, 0.2) is 72.8 Å². The summed E-state index contributed by atoms with van der Waals surface area (Å²) in [6, 6.07) is 20.8. The van der Waals surface area contributed by atoms with Gasteiger partial charge in [0, 0.05) is 0 Å².